The van der Waals surface area contributed by atoms with Crippen LogP contribution in [-0.2, 0) is 4.79 Å². The largest absolute Gasteiger partial charge is 0.452 e. The van der Waals surface area contributed by atoms with Crippen LogP contribution in [0.2, 0.25) is 5.22 Å². The third-order valence-corrected chi connectivity index (χ3v) is 3.68. The highest BCUT2D eigenvalue weighted by atomic mass is 35.5. The fourth-order valence-electron chi connectivity index (χ4n) is 2.24. The van der Waals surface area contributed by atoms with Gasteiger partial charge in [-0.25, -0.2) is 0 Å². The molecular weight excluding hydrogens is 256 g/mol. The van der Waals surface area contributed by atoms with Gasteiger partial charge in [0.05, 0.1) is 17.2 Å². The molecule has 1 atom stereocenters. The quantitative estimate of drug-likeness (QED) is 0.886. The van der Waals surface area contributed by atoms with Crippen LogP contribution in [0.4, 0.5) is 0 Å². The van der Waals surface area contributed by atoms with Gasteiger partial charge in [0.2, 0.25) is 11.1 Å². The van der Waals surface area contributed by atoms with Crippen molar-refractivity contribution in [3.63, 3.8) is 0 Å². The molecule has 18 heavy (non-hydrogen) atoms. The van der Waals surface area contributed by atoms with Crippen LogP contribution < -0.4 is 5.32 Å². The van der Waals surface area contributed by atoms with Crippen molar-refractivity contribution in [3.8, 4) is 0 Å². The third-order valence-electron chi connectivity index (χ3n) is 3.38. The molecule has 1 aliphatic heterocycles. The molecule has 0 saturated carbocycles. The van der Waals surface area contributed by atoms with Gasteiger partial charge in [0, 0.05) is 20.1 Å². The Morgan fingerprint density at radius 3 is 2.83 bits per heavy atom. The van der Waals surface area contributed by atoms with E-state index in [1.54, 1.807) is 18.0 Å². The van der Waals surface area contributed by atoms with Crippen LogP contribution in [0.1, 0.15) is 23.7 Å². The number of hydrogen-bond donors (Lipinski definition) is 1. The van der Waals surface area contributed by atoms with Crippen molar-refractivity contribution < 1.29 is 14.0 Å². The predicted molar refractivity (Wildman–Crippen MR) is 66.4 cm³/mol. The van der Waals surface area contributed by atoms with Crippen LogP contribution in [-0.4, -0.2) is 36.9 Å². The molecule has 6 heteroatoms. The van der Waals surface area contributed by atoms with Crippen LogP contribution in [0.3, 0.4) is 0 Å². The van der Waals surface area contributed by atoms with Gasteiger partial charge in [-0.3, -0.25) is 9.59 Å². The van der Waals surface area contributed by atoms with Crippen LogP contribution in [0.25, 0.3) is 0 Å². The van der Waals surface area contributed by atoms with Crippen LogP contribution >= 0.6 is 11.6 Å². The number of nitrogens with zero attached hydrogens (tertiary/aromatic N) is 1. The summed E-state index contributed by atoms with van der Waals surface area (Å²) in [5.74, 6) is -0.238. The van der Waals surface area contributed by atoms with Crippen LogP contribution in [0.5, 0.6) is 0 Å². The van der Waals surface area contributed by atoms with Crippen molar-refractivity contribution in [1.82, 2.24) is 10.2 Å². The Morgan fingerprint density at radius 2 is 2.28 bits per heavy atom. The maximum Gasteiger partial charge on any atom is 0.258 e. The van der Waals surface area contributed by atoms with Crippen molar-refractivity contribution in [2.24, 2.45) is 5.41 Å². The Bertz CT molecular complexity index is 485. The van der Waals surface area contributed by atoms with Gasteiger partial charge in [-0.05, 0) is 31.0 Å². The van der Waals surface area contributed by atoms with E-state index in [0.29, 0.717) is 25.1 Å². The van der Waals surface area contributed by atoms with E-state index >= 15 is 0 Å². The first-order chi connectivity index (χ1) is 8.48. The van der Waals surface area contributed by atoms with Crippen molar-refractivity contribution >= 4 is 23.4 Å². The molecule has 2 heterocycles. The highest BCUT2D eigenvalue weighted by molar-refractivity contribution is 6.32. The fraction of sp³-hybridized carbons (Fsp3) is 0.500. The molecule has 2 amide bonds. The summed E-state index contributed by atoms with van der Waals surface area (Å²) in [4.78, 5) is 25.6. The molecule has 1 saturated heterocycles. The molecule has 1 aromatic heterocycles. The zero-order chi connectivity index (χ0) is 13.3. The van der Waals surface area contributed by atoms with E-state index in [1.807, 2.05) is 6.92 Å². The van der Waals surface area contributed by atoms with Gasteiger partial charge in [-0.1, -0.05) is 0 Å². The van der Waals surface area contributed by atoms with Gasteiger partial charge in [-0.15, -0.1) is 0 Å². The minimum absolute atomic E-state index is 0.0453. The topological polar surface area (TPSA) is 62.6 Å². The van der Waals surface area contributed by atoms with Gasteiger partial charge in [-0.2, -0.15) is 0 Å². The van der Waals surface area contributed by atoms with Crippen molar-refractivity contribution in [2.75, 3.05) is 20.1 Å². The summed E-state index contributed by atoms with van der Waals surface area (Å²) in [5.41, 5.74) is -0.182. The zero-order valence-electron chi connectivity index (χ0n) is 10.3. The highest BCUT2D eigenvalue weighted by Crippen LogP contribution is 2.32. The molecule has 1 unspecified atom stereocenters. The summed E-state index contributed by atoms with van der Waals surface area (Å²) < 4.78 is 4.90. The smallest absolute Gasteiger partial charge is 0.258 e. The molecule has 0 bridgehead atoms. The van der Waals surface area contributed by atoms with Crippen molar-refractivity contribution in [1.29, 1.82) is 0 Å². The molecular formula is C12H15ClN2O3. The van der Waals surface area contributed by atoms with E-state index in [1.165, 1.54) is 6.26 Å². The molecule has 0 radical (unpaired) electrons. The Labute approximate surface area is 110 Å². The molecule has 1 N–H and O–H groups in total. The Hall–Kier alpha value is -1.49. The lowest BCUT2D eigenvalue weighted by Gasteiger charge is -2.22. The summed E-state index contributed by atoms with van der Waals surface area (Å²) in [6.07, 6.45) is 2.03. The number of likely N-dealkylation sites (tertiary alicyclic amines) is 1. The normalized spacial score (nSPS) is 23.2. The maximum absolute atomic E-state index is 12.2. The van der Waals surface area contributed by atoms with E-state index in [0.717, 1.165) is 0 Å². The monoisotopic (exact) mass is 270 g/mol. The van der Waals surface area contributed by atoms with Gasteiger partial charge in [0.15, 0.2) is 0 Å². The number of carbonyl (C=O) groups is 2. The highest BCUT2D eigenvalue weighted by Gasteiger charge is 2.42. The molecule has 5 nitrogen and oxygen atoms in total. The Morgan fingerprint density at radius 1 is 1.56 bits per heavy atom. The minimum atomic E-state index is -0.527. The zero-order valence-corrected chi connectivity index (χ0v) is 11.1. The number of halogens is 1. The summed E-state index contributed by atoms with van der Waals surface area (Å²) in [6, 6.07) is 1.54. The van der Waals surface area contributed by atoms with Gasteiger partial charge in [0.25, 0.3) is 5.91 Å². The van der Waals surface area contributed by atoms with E-state index in [2.05, 4.69) is 5.32 Å². The summed E-state index contributed by atoms with van der Waals surface area (Å²) in [6.45, 7) is 2.80. The fourth-order valence-corrected chi connectivity index (χ4v) is 2.43. The third kappa shape index (κ3) is 2.10. The molecule has 1 fully saturated rings. The number of carbonyl (C=O) groups excluding carboxylic acids is 2. The Balaban J connectivity index is 2.12. The summed E-state index contributed by atoms with van der Waals surface area (Å²) >= 11 is 5.78. The lowest BCUT2D eigenvalue weighted by molar-refractivity contribution is -0.128. The van der Waals surface area contributed by atoms with Gasteiger partial charge < -0.3 is 14.6 Å². The van der Waals surface area contributed by atoms with E-state index in [9.17, 15) is 9.59 Å². The van der Waals surface area contributed by atoms with Gasteiger partial charge in [0.1, 0.15) is 0 Å². The first-order valence-corrected chi connectivity index (χ1v) is 6.10. The van der Waals surface area contributed by atoms with E-state index < -0.39 is 5.41 Å². The minimum Gasteiger partial charge on any atom is -0.452 e. The molecule has 1 aliphatic rings. The van der Waals surface area contributed by atoms with E-state index in [4.69, 9.17) is 16.0 Å². The number of nitrogens with one attached hydrogen (secondary N) is 1. The number of amides is 2. The Kier molecular flexibility index (Phi) is 3.34. The first kappa shape index (κ1) is 13.0. The van der Waals surface area contributed by atoms with Crippen molar-refractivity contribution in [3.05, 3.63) is 23.1 Å². The lowest BCUT2D eigenvalue weighted by Crippen LogP contribution is -2.40. The van der Waals surface area contributed by atoms with Crippen molar-refractivity contribution in [2.45, 2.75) is 13.3 Å². The maximum atomic E-state index is 12.2. The molecule has 0 spiro atoms. The molecule has 0 aliphatic carbocycles. The lowest BCUT2D eigenvalue weighted by atomic mass is 9.89. The SMILES string of the molecule is CNC(=O)C1(C)CCN(C(=O)c2ccoc2Cl)C1. The predicted octanol–water partition coefficient (Wildman–Crippen LogP) is 1.53. The average Bonchev–Trinajstić information content (AvgIpc) is 2.95. The molecule has 98 valence electrons. The molecule has 1 aromatic rings. The molecule has 2 rings (SSSR count). The first-order valence-electron chi connectivity index (χ1n) is 5.72. The number of hydrogen-bond acceptors (Lipinski definition) is 3. The summed E-state index contributed by atoms with van der Waals surface area (Å²) in [5, 5.41) is 2.72. The standard InChI is InChI=1S/C12H15ClN2O3/c1-12(11(17)14-2)4-5-15(7-12)10(16)8-3-6-18-9(8)13/h3,6H,4-5,7H2,1-2H3,(H,14,17). The number of furan rings is 1. The summed E-state index contributed by atoms with van der Waals surface area (Å²) in [7, 11) is 1.60. The van der Waals surface area contributed by atoms with Crippen LogP contribution in [0.15, 0.2) is 16.7 Å². The van der Waals surface area contributed by atoms with E-state index in [-0.39, 0.29) is 17.0 Å². The second-order valence-corrected chi connectivity index (χ2v) is 5.07. The molecule has 0 aromatic carbocycles. The second-order valence-electron chi connectivity index (χ2n) is 4.72. The number of rotatable bonds is 2. The second kappa shape index (κ2) is 4.65. The average molecular weight is 271 g/mol. The van der Waals surface area contributed by atoms with Gasteiger partial charge >= 0.3 is 0 Å². The van der Waals surface area contributed by atoms with Crippen LogP contribution in [0, 0.1) is 5.41 Å².